The number of nitrogens with zero attached hydrogens (tertiary/aromatic N) is 7. The zero-order valence-corrected chi connectivity index (χ0v) is 70.6. The summed E-state index contributed by atoms with van der Waals surface area (Å²) in [5.41, 5.74) is 8.35. The Morgan fingerprint density at radius 3 is 1.28 bits per heavy atom. The molecular formula is C86H106N20O16Tb+3. The molecule has 6 aromatic carbocycles. The SMILES string of the molecule is CC1CN2CCNC(=O)c3cccc(c3O)C(=O)NCCN(CCNC(=O)c3cccc(c3O)C(=O)N1)CCN1CCNC(=O)c3cccc(c3O)C(=O)NCCN(CC2)CC(CCCCNC(=O)CCCCCCC(=O)NCc2ccc(C(=O)NCc3ccc(COc4nc(N)nc5[nH]cnc45)cc3)cc2)NC(=O)c2cccc(c2O)C(=O)NCC1.[Tb+3]. The van der Waals surface area contributed by atoms with Gasteiger partial charge in [-0.25, -0.2) is 4.98 Å². The molecule has 0 aliphatic carbocycles. The van der Waals surface area contributed by atoms with E-state index in [0.717, 1.165) is 16.7 Å². The largest absolute Gasteiger partial charge is 3.00 e. The van der Waals surface area contributed by atoms with E-state index >= 15 is 0 Å². The number of aromatic amines is 1. The number of anilines is 1. The van der Waals surface area contributed by atoms with Gasteiger partial charge in [-0.3, -0.25) is 72.3 Å². The second kappa shape index (κ2) is 46.8. The quantitative estimate of drug-likeness (QED) is 0.0487. The van der Waals surface area contributed by atoms with Gasteiger partial charge in [-0.1, -0.05) is 73.5 Å². The van der Waals surface area contributed by atoms with Crippen molar-refractivity contribution in [2.24, 2.45) is 0 Å². The number of fused-ring (bicyclic) bond motifs is 17. The first-order chi connectivity index (χ1) is 59.0. The molecule has 0 spiro atoms. The van der Waals surface area contributed by atoms with Crippen molar-refractivity contribution in [3.05, 3.63) is 194 Å². The number of imidazole rings is 1. The molecule has 6 atom stereocenters. The summed E-state index contributed by atoms with van der Waals surface area (Å²) < 4.78 is 5.87. The number of carbonyl (C=O) groups is 11. The van der Waals surface area contributed by atoms with Gasteiger partial charge >= 0.3 is 38.6 Å². The van der Waals surface area contributed by atoms with Crippen LogP contribution in [0.1, 0.15) is 175 Å². The standard InChI is InChI=1S/C86H106N20O16.Tb/c1-54-50-105-42-36-93-79(116)62-15-8-13-60(71(62)109)77(114)89-32-38-103(40-34-91-81(118)64-17-10-19-66(73(64)111)83(120)99-54)44-45-104-39-33-90-78(115)61-14-9-16-63(72(61)110)80(117)94-37-43-106(47-46-105)51-59(100-84(121)67-20-11-18-65(74(67)112)82(119)92-35-41-104)12-6-7-31-88-68(107)21-4-2-3-5-22-69(108)95-48-56-27-29-58(30-28-56)76(113)96-49-55-23-25-57(26-24-55)52-122-85-70-75(98-53-97-70)101-86(87)102-85;/h8-11,13-20,23-30,53-54,59,109-112H,2-7,12,21-22,31-52H2,1H3,(H,88,107)(H,89,114)(H,90,115)(H,91,118)(H,92,119)(H,93,116)(H,94,117)(H,95,108)(H,96,113)(H,99,120)(H,100,121)(H3,87,97,98,101,102);/q;+3. The number of unbranched alkanes of at least 4 members (excludes halogenated alkanes) is 4. The number of phenolic OH excluding ortho intramolecular Hbond substituents is 4. The summed E-state index contributed by atoms with van der Waals surface area (Å²) in [6, 6.07) is 30.1. The van der Waals surface area contributed by atoms with Crippen LogP contribution in [-0.2, 0) is 29.3 Å². The van der Waals surface area contributed by atoms with Gasteiger partial charge in [-0.2, -0.15) is 9.97 Å². The second-order valence-electron chi connectivity index (χ2n) is 30.2. The number of phenols is 4. The minimum Gasteiger partial charge on any atom is -0.506 e. The summed E-state index contributed by atoms with van der Waals surface area (Å²) in [6.45, 7) is 4.33. The van der Waals surface area contributed by atoms with Crippen molar-refractivity contribution < 1.29 is 117 Å². The van der Waals surface area contributed by atoms with E-state index in [2.05, 4.69) is 78.4 Å². The number of aromatic hydroxyl groups is 4. The van der Waals surface area contributed by atoms with Gasteiger partial charge in [0.05, 0.1) is 50.8 Å². The Hall–Kier alpha value is -12.0. The summed E-state index contributed by atoms with van der Waals surface area (Å²) in [5.74, 6) is -8.03. The Labute approximate surface area is 741 Å². The van der Waals surface area contributed by atoms with Crippen LogP contribution in [0.15, 0.2) is 128 Å². The van der Waals surface area contributed by atoms with Crippen LogP contribution >= 0.6 is 0 Å². The first kappa shape index (κ1) is 93.2. The minimum atomic E-state index is -0.736. The molecule has 6 unspecified atom stereocenters. The molecule has 652 valence electrons. The fourth-order valence-corrected chi connectivity index (χ4v) is 14.5. The average Bonchev–Trinajstić information content (AvgIpc) is 1.79. The van der Waals surface area contributed by atoms with Crippen LogP contribution < -0.4 is 69.0 Å². The van der Waals surface area contributed by atoms with Gasteiger partial charge in [0.1, 0.15) is 29.6 Å². The van der Waals surface area contributed by atoms with Crippen molar-refractivity contribution in [1.82, 2.24) is 98.0 Å². The molecule has 0 fully saturated rings. The third-order valence-corrected chi connectivity index (χ3v) is 21.3. The fourth-order valence-electron chi connectivity index (χ4n) is 14.5. The molecule has 12 rings (SSSR count). The summed E-state index contributed by atoms with van der Waals surface area (Å²) in [6.07, 6.45) is 5.82. The fraction of sp³-hybridized carbons (Fsp3) is 0.395. The van der Waals surface area contributed by atoms with E-state index in [1.165, 1.54) is 79.1 Å². The minimum absolute atomic E-state index is 0. The number of hydrogen-bond donors (Lipinski definition) is 17. The summed E-state index contributed by atoms with van der Waals surface area (Å²) in [7, 11) is 0. The van der Waals surface area contributed by atoms with Gasteiger partial charge < -0.3 is 94.4 Å². The molecule has 123 heavy (non-hydrogen) atoms. The molecule has 36 nitrogen and oxygen atoms in total. The maximum Gasteiger partial charge on any atom is 3.00 e. The number of amides is 11. The third kappa shape index (κ3) is 27.5. The summed E-state index contributed by atoms with van der Waals surface area (Å²) >= 11 is 0. The number of nitrogens with two attached hydrogens (primary N) is 1. The summed E-state index contributed by atoms with van der Waals surface area (Å²) in [4.78, 5) is 175. The van der Waals surface area contributed by atoms with Gasteiger partial charge in [0.25, 0.3) is 53.2 Å². The van der Waals surface area contributed by atoms with Crippen molar-refractivity contribution in [3.8, 4) is 28.9 Å². The van der Waals surface area contributed by atoms with Crippen LogP contribution in [0.25, 0.3) is 11.2 Å². The maximum absolute atomic E-state index is 14.7. The Morgan fingerprint density at radius 1 is 0.439 bits per heavy atom. The van der Waals surface area contributed by atoms with Crippen LogP contribution in [0.4, 0.5) is 5.95 Å². The van der Waals surface area contributed by atoms with Gasteiger partial charge in [0, 0.05) is 168 Å². The Morgan fingerprint density at radius 2 is 0.821 bits per heavy atom. The predicted octanol–water partition coefficient (Wildman–Crippen LogP) is 3.15. The van der Waals surface area contributed by atoms with Gasteiger partial charge in [-0.05, 0) is 116 Å². The van der Waals surface area contributed by atoms with Crippen LogP contribution in [0, 0.1) is 38.6 Å². The Bertz CT molecular complexity index is 5040. The number of nitrogen functional groups attached to an aromatic ring is 1. The number of aromatic nitrogens is 4. The van der Waals surface area contributed by atoms with E-state index in [1.54, 1.807) is 31.2 Å². The summed E-state index contributed by atoms with van der Waals surface area (Å²) in [5, 5.41) is 78.6. The molecule has 0 saturated heterocycles. The molecule has 2 aromatic heterocycles. The van der Waals surface area contributed by atoms with Crippen LogP contribution in [0.5, 0.6) is 28.9 Å². The van der Waals surface area contributed by atoms with Crippen molar-refractivity contribution in [2.75, 3.05) is 130 Å². The molecule has 8 aromatic rings. The van der Waals surface area contributed by atoms with Crippen molar-refractivity contribution in [3.63, 3.8) is 0 Å². The molecule has 0 saturated carbocycles. The number of para-hydroxylation sites is 4. The molecule has 4 aliphatic heterocycles. The first-order valence-corrected chi connectivity index (χ1v) is 41.1. The number of rotatable bonds is 20. The molecule has 18 N–H and O–H groups in total. The Balaban J connectivity index is 0.0000158. The zero-order chi connectivity index (χ0) is 86.4. The molecule has 6 heterocycles. The number of nitrogens with one attached hydrogen (secondary N) is 12. The van der Waals surface area contributed by atoms with E-state index < -0.39 is 82.3 Å². The average molecular weight is 1830 g/mol. The Kier molecular flexibility index (Phi) is 35.5. The van der Waals surface area contributed by atoms with Crippen LogP contribution in [-0.4, -0.2) is 261 Å². The van der Waals surface area contributed by atoms with E-state index in [-0.39, 0.29) is 263 Å². The topological polar surface area (TPSA) is 504 Å². The van der Waals surface area contributed by atoms with Gasteiger partial charge in [0.2, 0.25) is 23.6 Å². The van der Waals surface area contributed by atoms with E-state index in [4.69, 9.17) is 10.5 Å². The van der Waals surface area contributed by atoms with Crippen LogP contribution in [0.2, 0.25) is 0 Å². The van der Waals surface area contributed by atoms with Crippen molar-refractivity contribution in [2.45, 2.75) is 96.5 Å². The van der Waals surface area contributed by atoms with Gasteiger partial charge in [-0.15, -0.1) is 0 Å². The van der Waals surface area contributed by atoms with Gasteiger partial charge in [0.15, 0.2) is 11.2 Å². The third-order valence-electron chi connectivity index (χ3n) is 21.3. The number of ether oxygens (including phenoxy) is 1. The maximum atomic E-state index is 14.7. The van der Waals surface area contributed by atoms with E-state index in [0.29, 0.717) is 68.2 Å². The smallest absolute Gasteiger partial charge is 0.506 e. The molecule has 11 amide bonds. The number of H-pyrrole nitrogens is 1. The molecule has 12 bridgehead atoms. The first-order valence-electron chi connectivity index (χ1n) is 41.1. The van der Waals surface area contributed by atoms with E-state index in [1.807, 2.05) is 43.9 Å². The van der Waals surface area contributed by atoms with Crippen molar-refractivity contribution >= 4 is 82.1 Å². The molecule has 4 aliphatic rings. The van der Waals surface area contributed by atoms with Crippen molar-refractivity contribution in [1.29, 1.82) is 0 Å². The normalized spacial score (nSPS) is 19.0. The molecule has 0 radical (unpaired) electrons. The number of hydrogen-bond acceptors (Lipinski definition) is 24. The monoisotopic (exact) mass is 1830 g/mol. The zero-order valence-electron chi connectivity index (χ0n) is 68.4. The number of carbonyl (C=O) groups excluding carboxylic acids is 11. The predicted molar refractivity (Wildman–Crippen MR) is 451 cm³/mol. The number of benzene rings is 6. The van der Waals surface area contributed by atoms with E-state index in [9.17, 15) is 73.2 Å². The molecule has 37 heteroatoms. The molecular weight excluding hydrogens is 1730 g/mol. The second-order valence-corrected chi connectivity index (χ2v) is 30.2. The van der Waals surface area contributed by atoms with Crippen LogP contribution in [0.3, 0.4) is 0 Å².